The first kappa shape index (κ1) is 21.2. The second kappa shape index (κ2) is 8.99. The Bertz CT molecular complexity index is 1310. The number of hydrogen-bond donors (Lipinski definition) is 1. The molecule has 5 nitrogen and oxygen atoms in total. The zero-order valence-corrected chi connectivity index (χ0v) is 19.0. The van der Waals surface area contributed by atoms with Crippen molar-refractivity contribution in [3.05, 3.63) is 79.3 Å². The number of benzene rings is 2. The highest BCUT2D eigenvalue weighted by molar-refractivity contribution is 7.99. The summed E-state index contributed by atoms with van der Waals surface area (Å²) < 4.78 is 1.51. The van der Waals surface area contributed by atoms with Gasteiger partial charge in [0.05, 0.1) is 37.6 Å². The van der Waals surface area contributed by atoms with E-state index in [9.17, 15) is 9.59 Å². The number of nitrogens with one attached hydrogen (secondary N) is 1. The molecule has 1 amide bonds. The van der Waals surface area contributed by atoms with Crippen LogP contribution >= 0.6 is 57.9 Å². The first-order valence-electron chi connectivity index (χ1n) is 8.57. The van der Waals surface area contributed by atoms with Crippen LogP contribution in [-0.2, 0) is 4.79 Å². The lowest BCUT2D eigenvalue weighted by Crippen LogP contribution is -2.22. The molecule has 30 heavy (non-hydrogen) atoms. The van der Waals surface area contributed by atoms with Gasteiger partial charge in [0.15, 0.2) is 5.16 Å². The van der Waals surface area contributed by atoms with Crippen LogP contribution in [0, 0.1) is 0 Å². The third-order valence-electron chi connectivity index (χ3n) is 4.10. The van der Waals surface area contributed by atoms with Crippen LogP contribution in [0.25, 0.3) is 15.9 Å². The molecule has 2 aromatic carbocycles. The molecule has 0 saturated heterocycles. The number of para-hydroxylation sites is 1. The topological polar surface area (TPSA) is 64.0 Å². The van der Waals surface area contributed by atoms with Crippen LogP contribution in [0.4, 0.5) is 5.69 Å². The molecule has 0 fully saturated rings. The predicted molar refractivity (Wildman–Crippen MR) is 126 cm³/mol. The molecule has 4 aromatic rings. The Hall–Kier alpha value is -2.03. The lowest BCUT2D eigenvalue weighted by atomic mass is 10.3. The number of aromatic nitrogens is 2. The van der Waals surface area contributed by atoms with E-state index < -0.39 is 0 Å². The van der Waals surface area contributed by atoms with Crippen molar-refractivity contribution in [3.8, 4) is 5.69 Å². The van der Waals surface area contributed by atoms with Crippen molar-refractivity contribution in [1.82, 2.24) is 9.55 Å². The fraction of sp³-hybridized carbons (Fsp3) is 0.0500. The summed E-state index contributed by atoms with van der Waals surface area (Å²) in [5.74, 6) is -0.298. The average molecular weight is 497 g/mol. The van der Waals surface area contributed by atoms with Gasteiger partial charge in [-0.05, 0) is 35.7 Å². The average Bonchev–Trinajstić information content (AvgIpc) is 3.20. The molecule has 10 heteroatoms. The zero-order chi connectivity index (χ0) is 21.3. The van der Waals surface area contributed by atoms with Gasteiger partial charge in [-0.25, -0.2) is 4.98 Å². The van der Waals surface area contributed by atoms with Crippen LogP contribution in [0.1, 0.15) is 0 Å². The highest BCUT2D eigenvalue weighted by Gasteiger charge is 2.16. The van der Waals surface area contributed by atoms with Crippen LogP contribution < -0.4 is 10.9 Å². The fourth-order valence-corrected chi connectivity index (χ4v) is 4.94. The Morgan fingerprint density at radius 2 is 1.80 bits per heavy atom. The maximum absolute atomic E-state index is 13.0. The smallest absolute Gasteiger partial charge is 0.267 e. The predicted octanol–water partition coefficient (Wildman–Crippen LogP) is 6.14. The van der Waals surface area contributed by atoms with Crippen molar-refractivity contribution >= 4 is 79.7 Å². The van der Waals surface area contributed by atoms with Gasteiger partial charge in [-0.3, -0.25) is 14.2 Å². The minimum absolute atomic E-state index is 0.0206. The monoisotopic (exact) mass is 495 g/mol. The molecule has 2 aromatic heterocycles. The standard InChI is InChI=1S/C20H12Cl3N3O2S2/c21-13-8-15(23)16(9-14(13)22)24-17(27)10-30-20-25-18-12(6-7-29-18)19(28)26(20)11-4-2-1-3-5-11/h1-9H,10H2,(H,24,27). The first-order chi connectivity index (χ1) is 14.4. The van der Waals surface area contributed by atoms with Gasteiger partial charge in [0.25, 0.3) is 5.56 Å². The van der Waals surface area contributed by atoms with Gasteiger partial charge in [-0.1, -0.05) is 64.8 Å². The SMILES string of the molecule is O=C(CSc1nc2sccc2c(=O)n1-c1ccccc1)Nc1cc(Cl)c(Cl)cc1Cl. The Morgan fingerprint density at radius 3 is 2.57 bits per heavy atom. The number of thiophene rings is 1. The van der Waals surface area contributed by atoms with Crippen LogP contribution in [-0.4, -0.2) is 21.2 Å². The molecule has 0 aliphatic rings. The Balaban J connectivity index is 1.62. The van der Waals surface area contributed by atoms with Crippen molar-refractivity contribution in [2.24, 2.45) is 0 Å². The molecule has 0 unspecified atom stereocenters. The van der Waals surface area contributed by atoms with E-state index in [0.29, 0.717) is 31.8 Å². The Kier molecular flexibility index (Phi) is 6.36. The summed E-state index contributed by atoms with van der Waals surface area (Å²) in [4.78, 5) is 30.8. The van der Waals surface area contributed by atoms with E-state index in [-0.39, 0.29) is 27.3 Å². The van der Waals surface area contributed by atoms with Crippen molar-refractivity contribution in [1.29, 1.82) is 0 Å². The normalized spacial score (nSPS) is 11.0. The van der Waals surface area contributed by atoms with E-state index in [1.54, 1.807) is 6.07 Å². The molecular weight excluding hydrogens is 485 g/mol. The molecule has 1 N–H and O–H groups in total. The highest BCUT2D eigenvalue weighted by atomic mass is 35.5. The maximum Gasteiger partial charge on any atom is 0.267 e. The van der Waals surface area contributed by atoms with Crippen molar-refractivity contribution in [2.45, 2.75) is 5.16 Å². The van der Waals surface area contributed by atoms with Gasteiger partial charge in [0, 0.05) is 0 Å². The lowest BCUT2D eigenvalue weighted by Gasteiger charge is -2.12. The van der Waals surface area contributed by atoms with Crippen molar-refractivity contribution < 1.29 is 4.79 Å². The summed E-state index contributed by atoms with van der Waals surface area (Å²) in [6.45, 7) is 0. The summed E-state index contributed by atoms with van der Waals surface area (Å²) in [6, 6.07) is 13.9. The summed E-state index contributed by atoms with van der Waals surface area (Å²) in [5.41, 5.74) is 0.861. The van der Waals surface area contributed by atoms with E-state index in [2.05, 4.69) is 10.3 Å². The van der Waals surface area contributed by atoms with Crippen LogP contribution in [0.2, 0.25) is 15.1 Å². The number of thioether (sulfide) groups is 1. The molecule has 4 rings (SSSR count). The molecule has 0 aliphatic heterocycles. The van der Waals surface area contributed by atoms with Gasteiger partial charge in [-0.2, -0.15) is 0 Å². The number of carbonyl (C=O) groups is 1. The third kappa shape index (κ3) is 4.36. The minimum Gasteiger partial charge on any atom is -0.324 e. The fourth-order valence-electron chi connectivity index (χ4n) is 2.73. The minimum atomic E-state index is -0.319. The molecule has 0 atom stereocenters. The largest absolute Gasteiger partial charge is 0.324 e. The summed E-state index contributed by atoms with van der Waals surface area (Å²) in [5, 5.41) is 6.36. The Labute approximate surface area is 194 Å². The highest BCUT2D eigenvalue weighted by Crippen LogP contribution is 2.32. The molecular formula is C20H12Cl3N3O2S2. The van der Waals surface area contributed by atoms with Crippen LogP contribution in [0.5, 0.6) is 0 Å². The quantitative estimate of drug-likeness (QED) is 0.205. The second-order valence-corrected chi connectivity index (χ2v) is 9.15. The van der Waals surface area contributed by atoms with Crippen LogP contribution in [0.3, 0.4) is 0 Å². The van der Waals surface area contributed by atoms with Crippen molar-refractivity contribution in [3.63, 3.8) is 0 Å². The summed E-state index contributed by atoms with van der Waals surface area (Å²) in [7, 11) is 0. The molecule has 0 saturated carbocycles. The molecule has 0 bridgehead atoms. The molecule has 0 radical (unpaired) electrons. The second-order valence-electron chi connectivity index (χ2n) is 6.09. The number of amides is 1. The van der Waals surface area contributed by atoms with Crippen molar-refractivity contribution in [2.75, 3.05) is 11.1 Å². The van der Waals surface area contributed by atoms with E-state index in [4.69, 9.17) is 34.8 Å². The van der Waals surface area contributed by atoms with E-state index in [0.717, 1.165) is 11.8 Å². The van der Waals surface area contributed by atoms with Gasteiger partial charge in [0.1, 0.15) is 4.83 Å². The Morgan fingerprint density at radius 1 is 1.07 bits per heavy atom. The maximum atomic E-state index is 13.0. The summed E-state index contributed by atoms with van der Waals surface area (Å²) in [6.07, 6.45) is 0. The van der Waals surface area contributed by atoms with Gasteiger partial charge < -0.3 is 5.32 Å². The first-order valence-corrected chi connectivity index (χ1v) is 11.6. The summed E-state index contributed by atoms with van der Waals surface area (Å²) >= 11 is 20.6. The lowest BCUT2D eigenvalue weighted by molar-refractivity contribution is -0.113. The number of anilines is 1. The van der Waals surface area contributed by atoms with Crippen LogP contribution in [0.15, 0.2) is 63.9 Å². The molecule has 0 aliphatic carbocycles. The molecule has 152 valence electrons. The number of halogens is 3. The van der Waals surface area contributed by atoms with E-state index in [1.165, 1.54) is 28.0 Å². The number of nitrogens with zero attached hydrogens (tertiary/aromatic N) is 2. The van der Waals surface area contributed by atoms with E-state index in [1.807, 2.05) is 35.7 Å². The van der Waals surface area contributed by atoms with E-state index >= 15 is 0 Å². The zero-order valence-electron chi connectivity index (χ0n) is 15.1. The van der Waals surface area contributed by atoms with Gasteiger partial charge in [-0.15, -0.1) is 11.3 Å². The van der Waals surface area contributed by atoms with Gasteiger partial charge >= 0.3 is 0 Å². The number of rotatable bonds is 5. The third-order valence-corrected chi connectivity index (χ3v) is 6.88. The number of carbonyl (C=O) groups excluding carboxylic acids is 1. The molecule has 0 spiro atoms. The molecule has 2 heterocycles. The van der Waals surface area contributed by atoms with Gasteiger partial charge in [0.2, 0.25) is 5.91 Å². The number of hydrogen-bond acceptors (Lipinski definition) is 5. The number of fused-ring (bicyclic) bond motifs is 1.